The first kappa shape index (κ1) is 29.9. The molecule has 0 fully saturated rings. The molecule has 0 atom stereocenters. The van der Waals surface area contributed by atoms with Gasteiger partial charge in [0.25, 0.3) is 23.8 Å². The molecule has 0 aliphatic rings. The molecule has 2 aromatic rings. The minimum atomic E-state index is -4.96. The van der Waals surface area contributed by atoms with Crippen molar-refractivity contribution < 1.29 is 48.1 Å². The molecule has 0 saturated heterocycles. The van der Waals surface area contributed by atoms with Gasteiger partial charge < -0.3 is 0 Å². The molecule has 19 heteroatoms. The summed E-state index contributed by atoms with van der Waals surface area (Å²) in [7, 11) is 1.14. The molecule has 0 N–H and O–H groups in total. The van der Waals surface area contributed by atoms with E-state index in [-0.39, 0.29) is 10.5 Å². The highest BCUT2D eigenvalue weighted by Crippen LogP contribution is 2.41. The maximum Gasteiger partial charge on any atom is 0.417 e. The number of nitrogens with zero attached hydrogens (tertiary/aromatic N) is 1. The zero-order valence-electron chi connectivity index (χ0n) is 14.9. The summed E-state index contributed by atoms with van der Waals surface area (Å²) in [6.45, 7) is 0. The van der Waals surface area contributed by atoms with E-state index in [2.05, 4.69) is 31.9 Å². The number of alkyl halides is 6. The highest BCUT2D eigenvalue weighted by molar-refractivity contribution is 9.11. The van der Waals surface area contributed by atoms with Gasteiger partial charge in [-0.2, -0.15) is 26.3 Å². The Morgan fingerprint density at radius 2 is 1.21 bits per heavy atom. The van der Waals surface area contributed by atoms with Crippen molar-refractivity contribution in [2.24, 2.45) is 0 Å². The molecular formula is C14H5Br2Cl2F6NO6S2. The second-order valence-electron chi connectivity index (χ2n) is 5.57. The van der Waals surface area contributed by atoms with E-state index in [1.54, 1.807) is 0 Å². The summed E-state index contributed by atoms with van der Waals surface area (Å²) >= 11 is 5.09. The van der Waals surface area contributed by atoms with Crippen molar-refractivity contribution in [3.63, 3.8) is 0 Å². The van der Waals surface area contributed by atoms with E-state index in [0.29, 0.717) is 12.1 Å². The molecule has 0 saturated carbocycles. The Hall–Kier alpha value is -1.14. The predicted octanol–water partition coefficient (Wildman–Crippen LogP) is 6.70. The van der Waals surface area contributed by atoms with Crippen LogP contribution in [-0.4, -0.2) is 21.8 Å². The van der Waals surface area contributed by atoms with Crippen molar-refractivity contribution in [2.45, 2.75) is 22.1 Å². The SMILES string of the molecule is O=S(=O)(Cl)c1ccc(Br)c(C(F)(F)F)c1.O=[N+]([O-])c1cc(S(=O)(=O)Cl)cc(C(F)(F)F)c1Br. The quantitative estimate of drug-likeness (QED) is 0.153. The number of nitro groups is 1. The van der Waals surface area contributed by atoms with Gasteiger partial charge in [-0.05, 0) is 40.2 Å². The standard InChI is InChI=1S/C7H2BrClF3NO4S.C7H3BrClF3O2S/c8-6-4(7(10,11)12)1-3(18(9,16)17)2-5(6)13(14)15;8-6-2-1-4(15(9,13)14)3-5(6)7(10,11)12/h1-2H;1-3H. The molecule has 7 nitrogen and oxygen atoms in total. The lowest BCUT2D eigenvalue weighted by atomic mass is 10.2. The van der Waals surface area contributed by atoms with Crippen LogP contribution in [0.2, 0.25) is 0 Å². The average Bonchev–Trinajstić information content (AvgIpc) is 2.58. The molecule has 0 radical (unpaired) electrons. The van der Waals surface area contributed by atoms with Crippen LogP contribution in [0.4, 0.5) is 32.0 Å². The third kappa shape index (κ3) is 8.24. The molecule has 0 heterocycles. The fraction of sp³-hybridized carbons (Fsp3) is 0.143. The van der Waals surface area contributed by atoms with Crippen LogP contribution in [0, 0.1) is 10.1 Å². The smallest absolute Gasteiger partial charge is 0.258 e. The molecule has 33 heavy (non-hydrogen) atoms. The first-order valence-corrected chi connectivity index (χ1v) is 13.6. The topological polar surface area (TPSA) is 111 Å². The van der Waals surface area contributed by atoms with Crippen molar-refractivity contribution in [2.75, 3.05) is 0 Å². The molecule has 0 amide bonds. The lowest BCUT2D eigenvalue weighted by Gasteiger charge is -2.10. The molecule has 184 valence electrons. The van der Waals surface area contributed by atoms with Gasteiger partial charge in [0.15, 0.2) is 0 Å². The molecule has 0 aliphatic heterocycles. The van der Waals surface area contributed by atoms with E-state index in [0.717, 1.165) is 12.1 Å². The summed E-state index contributed by atoms with van der Waals surface area (Å²) < 4.78 is 117. The van der Waals surface area contributed by atoms with E-state index in [4.69, 9.17) is 21.4 Å². The zero-order valence-corrected chi connectivity index (χ0v) is 21.2. The number of hydrogen-bond donors (Lipinski definition) is 0. The maximum atomic E-state index is 12.6. The second-order valence-corrected chi connectivity index (χ2v) is 12.4. The number of hydrogen-bond acceptors (Lipinski definition) is 6. The molecule has 0 unspecified atom stereocenters. The normalized spacial score (nSPS) is 12.7. The van der Waals surface area contributed by atoms with Crippen LogP contribution in [-0.2, 0) is 30.5 Å². The summed E-state index contributed by atoms with van der Waals surface area (Å²) in [4.78, 5) is 7.82. The molecule has 2 aromatic carbocycles. The summed E-state index contributed by atoms with van der Waals surface area (Å²) in [5, 5.41) is 10.6. The van der Waals surface area contributed by atoms with Crippen LogP contribution in [0.15, 0.2) is 49.1 Å². The van der Waals surface area contributed by atoms with E-state index in [9.17, 15) is 53.3 Å². The van der Waals surface area contributed by atoms with Crippen molar-refractivity contribution in [3.05, 3.63) is 60.5 Å². The first-order chi connectivity index (χ1) is 14.6. The van der Waals surface area contributed by atoms with Gasteiger partial charge in [0, 0.05) is 31.9 Å². The van der Waals surface area contributed by atoms with Crippen LogP contribution >= 0.6 is 53.2 Å². The van der Waals surface area contributed by atoms with Gasteiger partial charge in [-0.1, -0.05) is 15.9 Å². The van der Waals surface area contributed by atoms with Gasteiger partial charge in [0.2, 0.25) is 0 Å². The van der Waals surface area contributed by atoms with Gasteiger partial charge in [-0.15, -0.1) is 0 Å². The van der Waals surface area contributed by atoms with Crippen LogP contribution in [0.1, 0.15) is 11.1 Å². The predicted molar refractivity (Wildman–Crippen MR) is 111 cm³/mol. The third-order valence-corrected chi connectivity index (χ3v) is 7.55. The van der Waals surface area contributed by atoms with Crippen molar-refractivity contribution in [1.29, 1.82) is 0 Å². The first-order valence-electron chi connectivity index (χ1n) is 7.38. The summed E-state index contributed by atoms with van der Waals surface area (Å²) in [6, 6.07) is 3.12. The molecule has 0 bridgehead atoms. The van der Waals surface area contributed by atoms with Gasteiger partial charge in [0.05, 0.1) is 25.8 Å². The van der Waals surface area contributed by atoms with E-state index >= 15 is 0 Å². The molecule has 2 rings (SSSR count). The lowest BCUT2D eigenvalue weighted by molar-refractivity contribution is -0.386. The van der Waals surface area contributed by atoms with Crippen molar-refractivity contribution >= 4 is 77.0 Å². The van der Waals surface area contributed by atoms with Crippen molar-refractivity contribution in [1.82, 2.24) is 0 Å². The molecular weight excluding hydrogens is 687 g/mol. The Bertz CT molecular complexity index is 1300. The number of benzene rings is 2. The second kappa shape index (κ2) is 10.2. The van der Waals surface area contributed by atoms with Gasteiger partial charge >= 0.3 is 12.4 Å². The minimum absolute atomic E-state index is 0.222. The summed E-state index contributed by atoms with van der Waals surface area (Å²) in [5.74, 6) is 0. The molecule has 0 spiro atoms. The van der Waals surface area contributed by atoms with Gasteiger partial charge in [-0.3, -0.25) is 10.1 Å². The van der Waals surface area contributed by atoms with Crippen LogP contribution in [0.5, 0.6) is 0 Å². The lowest BCUT2D eigenvalue weighted by Crippen LogP contribution is -2.09. The number of halogens is 10. The highest BCUT2D eigenvalue weighted by atomic mass is 79.9. The van der Waals surface area contributed by atoms with Crippen molar-refractivity contribution in [3.8, 4) is 0 Å². The summed E-state index contributed by atoms with van der Waals surface area (Å²) in [6.07, 6.45) is -9.59. The number of rotatable bonds is 3. The fourth-order valence-corrected chi connectivity index (χ4v) is 4.56. The highest BCUT2D eigenvalue weighted by Gasteiger charge is 2.38. The molecule has 0 aromatic heterocycles. The molecule has 0 aliphatic carbocycles. The van der Waals surface area contributed by atoms with E-state index < -0.39 is 66.5 Å². The largest absolute Gasteiger partial charge is 0.417 e. The Labute approximate surface area is 206 Å². The third-order valence-electron chi connectivity index (χ3n) is 3.34. The van der Waals surface area contributed by atoms with Crippen LogP contribution < -0.4 is 0 Å². The fourth-order valence-electron chi connectivity index (χ4n) is 1.94. The van der Waals surface area contributed by atoms with Crippen LogP contribution in [0.3, 0.4) is 0 Å². The monoisotopic (exact) mass is 689 g/mol. The minimum Gasteiger partial charge on any atom is -0.258 e. The van der Waals surface area contributed by atoms with E-state index in [1.807, 2.05) is 0 Å². The average molecular weight is 692 g/mol. The maximum absolute atomic E-state index is 12.6. The zero-order chi connectivity index (χ0) is 26.2. The summed E-state index contributed by atoms with van der Waals surface area (Å²) in [5.41, 5.74) is -3.61. The van der Waals surface area contributed by atoms with Gasteiger partial charge in [0.1, 0.15) is 4.47 Å². The Morgan fingerprint density at radius 1 is 0.788 bits per heavy atom. The van der Waals surface area contributed by atoms with Gasteiger partial charge in [-0.25, -0.2) is 16.8 Å². The number of nitro benzene ring substituents is 1. The Morgan fingerprint density at radius 3 is 1.58 bits per heavy atom. The Balaban J connectivity index is 0.000000335. The van der Waals surface area contributed by atoms with E-state index in [1.165, 1.54) is 0 Å². The Kier molecular flexibility index (Phi) is 9.27. The van der Waals surface area contributed by atoms with Crippen LogP contribution in [0.25, 0.3) is 0 Å².